The lowest BCUT2D eigenvalue weighted by Crippen LogP contribution is -2.45. The molecule has 4 rings (SSSR count). The van der Waals surface area contributed by atoms with Crippen molar-refractivity contribution in [3.05, 3.63) is 35.4 Å². The van der Waals surface area contributed by atoms with Gasteiger partial charge >= 0.3 is 0 Å². The van der Waals surface area contributed by atoms with Crippen LogP contribution in [0.5, 0.6) is 0 Å². The van der Waals surface area contributed by atoms with Gasteiger partial charge in [-0.1, -0.05) is 43.5 Å². The second kappa shape index (κ2) is 7.77. The molecule has 0 bridgehead atoms. The lowest BCUT2D eigenvalue weighted by atomic mass is 9.74. The molecule has 1 aromatic carbocycles. The molecule has 1 spiro atoms. The largest absolute Gasteiger partial charge is 0.389 e. The van der Waals surface area contributed by atoms with Gasteiger partial charge in [-0.3, -0.25) is 0 Å². The smallest absolute Gasteiger partial charge is 0.0900 e. The van der Waals surface area contributed by atoms with E-state index in [1.165, 1.54) is 57.8 Å². The molecule has 1 aliphatic heterocycles. The van der Waals surface area contributed by atoms with Crippen LogP contribution in [0.15, 0.2) is 24.3 Å². The van der Waals surface area contributed by atoms with Crippen molar-refractivity contribution in [3.63, 3.8) is 0 Å². The minimum absolute atomic E-state index is 0.341. The molecular formula is C22H33NO2. The Kier molecular flexibility index (Phi) is 5.44. The summed E-state index contributed by atoms with van der Waals surface area (Å²) in [4.78, 5) is 2.45. The number of fused-ring (bicyclic) bond motifs is 2. The molecule has 1 atom stereocenters. The molecule has 3 nitrogen and oxygen atoms in total. The van der Waals surface area contributed by atoms with Gasteiger partial charge in [0.05, 0.1) is 18.8 Å². The molecule has 1 heterocycles. The van der Waals surface area contributed by atoms with Crippen molar-refractivity contribution in [2.24, 2.45) is 0 Å². The Labute approximate surface area is 152 Å². The fraction of sp³-hybridized carbons (Fsp3) is 0.727. The quantitative estimate of drug-likeness (QED) is 0.885. The lowest BCUT2D eigenvalue weighted by molar-refractivity contribution is -0.0364. The molecule has 1 N–H and O–H groups in total. The fourth-order valence-electron chi connectivity index (χ4n) is 5.28. The first kappa shape index (κ1) is 17.5. The Bertz CT molecular complexity index is 559. The summed E-state index contributed by atoms with van der Waals surface area (Å²) in [5.41, 5.74) is 3.59. The van der Waals surface area contributed by atoms with Crippen LogP contribution in [0.1, 0.15) is 62.5 Å². The van der Waals surface area contributed by atoms with Gasteiger partial charge in [-0.2, -0.15) is 0 Å². The van der Waals surface area contributed by atoms with E-state index in [9.17, 15) is 5.11 Å². The highest BCUT2D eigenvalue weighted by Gasteiger charge is 2.40. The minimum Gasteiger partial charge on any atom is -0.389 e. The third-order valence-electron chi connectivity index (χ3n) is 6.82. The van der Waals surface area contributed by atoms with Crippen molar-refractivity contribution in [2.45, 2.75) is 75.4 Å². The Hall–Kier alpha value is -0.900. The van der Waals surface area contributed by atoms with Crippen LogP contribution in [0.25, 0.3) is 0 Å². The SMILES string of the molecule is OC(COC1CCCCC1)CN1CCC2(CCc3ccccc32)CC1. The van der Waals surface area contributed by atoms with E-state index in [0.29, 0.717) is 18.1 Å². The van der Waals surface area contributed by atoms with Gasteiger partial charge in [0.15, 0.2) is 0 Å². The van der Waals surface area contributed by atoms with Gasteiger partial charge in [0.2, 0.25) is 0 Å². The summed E-state index contributed by atoms with van der Waals surface area (Å²) in [6.45, 7) is 3.49. The van der Waals surface area contributed by atoms with E-state index in [0.717, 1.165) is 19.6 Å². The third kappa shape index (κ3) is 3.94. The second-order valence-corrected chi connectivity index (χ2v) is 8.49. The number of hydrogen-bond acceptors (Lipinski definition) is 3. The molecule has 1 unspecified atom stereocenters. The summed E-state index contributed by atoms with van der Waals surface area (Å²) in [7, 11) is 0. The summed E-state index contributed by atoms with van der Waals surface area (Å²) in [6.07, 6.45) is 11.4. The molecular weight excluding hydrogens is 310 g/mol. The number of β-amino-alcohol motifs (C(OH)–C–C–N with tert-alkyl or cyclic N) is 1. The van der Waals surface area contributed by atoms with E-state index >= 15 is 0 Å². The Morgan fingerprint density at radius 2 is 1.84 bits per heavy atom. The molecule has 138 valence electrons. The number of nitrogens with zero attached hydrogens (tertiary/aromatic N) is 1. The topological polar surface area (TPSA) is 32.7 Å². The van der Waals surface area contributed by atoms with E-state index in [1.54, 1.807) is 11.1 Å². The molecule has 3 aliphatic rings. The highest BCUT2D eigenvalue weighted by atomic mass is 16.5. The molecule has 0 radical (unpaired) electrons. The summed E-state index contributed by atoms with van der Waals surface area (Å²) < 4.78 is 5.95. The van der Waals surface area contributed by atoms with E-state index in [4.69, 9.17) is 4.74 Å². The van der Waals surface area contributed by atoms with Crippen LogP contribution in [0.2, 0.25) is 0 Å². The van der Waals surface area contributed by atoms with Gasteiger partial charge in [0, 0.05) is 6.54 Å². The zero-order chi connectivity index (χ0) is 17.1. The van der Waals surface area contributed by atoms with Crippen LogP contribution < -0.4 is 0 Å². The molecule has 1 saturated heterocycles. The number of likely N-dealkylation sites (tertiary alicyclic amines) is 1. The summed E-state index contributed by atoms with van der Waals surface area (Å²) in [5.74, 6) is 0. The van der Waals surface area contributed by atoms with Crippen molar-refractivity contribution >= 4 is 0 Å². The van der Waals surface area contributed by atoms with E-state index < -0.39 is 0 Å². The third-order valence-corrected chi connectivity index (χ3v) is 6.82. The number of hydrogen-bond donors (Lipinski definition) is 1. The second-order valence-electron chi connectivity index (χ2n) is 8.49. The van der Waals surface area contributed by atoms with Gasteiger partial charge in [0.25, 0.3) is 0 Å². The number of aryl methyl sites for hydroxylation is 1. The van der Waals surface area contributed by atoms with Crippen LogP contribution in [-0.2, 0) is 16.6 Å². The van der Waals surface area contributed by atoms with Crippen LogP contribution in [0.4, 0.5) is 0 Å². The highest BCUT2D eigenvalue weighted by molar-refractivity contribution is 5.39. The van der Waals surface area contributed by atoms with Gasteiger partial charge in [0.1, 0.15) is 0 Å². The number of piperidine rings is 1. The molecule has 1 aromatic rings. The van der Waals surface area contributed by atoms with Crippen molar-refractivity contribution in [3.8, 4) is 0 Å². The number of ether oxygens (including phenoxy) is 1. The average molecular weight is 344 g/mol. The number of aliphatic hydroxyl groups excluding tert-OH is 1. The zero-order valence-electron chi connectivity index (χ0n) is 15.5. The molecule has 25 heavy (non-hydrogen) atoms. The van der Waals surface area contributed by atoms with Crippen molar-refractivity contribution in [1.29, 1.82) is 0 Å². The maximum atomic E-state index is 10.4. The zero-order valence-corrected chi connectivity index (χ0v) is 15.5. The maximum absolute atomic E-state index is 10.4. The Balaban J connectivity index is 1.24. The van der Waals surface area contributed by atoms with Crippen molar-refractivity contribution < 1.29 is 9.84 Å². The summed E-state index contributed by atoms with van der Waals surface area (Å²) in [6, 6.07) is 9.04. The van der Waals surface area contributed by atoms with E-state index in [2.05, 4.69) is 29.2 Å². The van der Waals surface area contributed by atoms with Gasteiger partial charge in [-0.15, -0.1) is 0 Å². The summed E-state index contributed by atoms with van der Waals surface area (Å²) in [5, 5.41) is 10.4. The standard InChI is InChI=1S/C22H33NO2/c24-19(17-25-20-7-2-1-3-8-20)16-23-14-12-22(13-15-23)11-10-18-6-4-5-9-21(18)22/h4-6,9,19-20,24H,1-3,7-8,10-17H2. The number of benzene rings is 1. The van der Waals surface area contributed by atoms with Gasteiger partial charge in [-0.25, -0.2) is 0 Å². The van der Waals surface area contributed by atoms with Crippen LogP contribution >= 0.6 is 0 Å². The fourth-order valence-corrected chi connectivity index (χ4v) is 5.28. The molecule has 1 saturated carbocycles. The van der Waals surface area contributed by atoms with Crippen LogP contribution in [-0.4, -0.2) is 48.5 Å². The van der Waals surface area contributed by atoms with Crippen molar-refractivity contribution in [2.75, 3.05) is 26.2 Å². The predicted molar refractivity (Wildman–Crippen MR) is 101 cm³/mol. The van der Waals surface area contributed by atoms with Gasteiger partial charge < -0.3 is 14.7 Å². The van der Waals surface area contributed by atoms with E-state index in [1.807, 2.05) is 0 Å². The lowest BCUT2D eigenvalue weighted by Gasteiger charge is -2.40. The molecule has 2 fully saturated rings. The average Bonchev–Trinajstić information content (AvgIpc) is 3.02. The first-order valence-electron chi connectivity index (χ1n) is 10.4. The highest BCUT2D eigenvalue weighted by Crippen LogP contribution is 2.46. The first-order chi connectivity index (χ1) is 12.3. The number of rotatable bonds is 5. The van der Waals surface area contributed by atoms with Gasteiger partial charge in [-0.05, 0) is 68.2 Å². The normalized spacial score (nSPS) is 25.2. The van der Waals surface area contributed by atoms with Crippen LogP contribution in [0.3, 0.4) is 0 Å². The molecule has 3 heteroatoms. The molecule has 0 amide bonds. The van der Waals surface area contributed by atoms with E-state index in [-0.39, 0.29) is 6.10 Å². The Morgan fingerprint density at radius 1 is 1.08 bits per heavy atom. The number of aliphatic hydroxyl groups is 1. The Morgan fingerprint density at radius 3 is 2.64 bits per heavy atom. The van der Waals surface area contributed by atoms with Crippen LogP contribution in [0, 0.1) is 0 Å². The monoisotopic (exact) mass is 343 g/mol. The minimum atomic E-state index is -0.341. The molecule has 0 aromatic heterocycles. The first-order valence-corrected chi connectivity index (χ1v) is 10.4. The maximum Gasteiger partial charge on any atom is 0.0900 e. The molecule has 2 aliphatic carbocycles. The van der Waals surface area contributed by atoms with Crippen molar-refractivity contribution in [1.82, 2.24) is 4.90 Å². The summed E-state index contributed by atoms with van der Waals surface area (Å²) >= 11 is 0. The predicted octanol–water partition coefficient (Wildman–Crippen LogP) is 3.68.